The predicted molar refractivity (Wildman–Crippen MR) is 109 cm³/mol. The molecule has 0 fully saturated rings. The maximum Gasteiger partial charge on any atom is 0.471 e. The second kappa shape index (κ2) is 9.32. The Hall–Kier alpha value is -1.52. The van der Waals surface area contributed by atoms with E-state index in [2.05, 4.69) is 37.2 Å². The number of alkyl halides is 3. The third-order valence-corrected chi connectivity index (χ3v) is 6.20. The molecule has 0 unspecified atom stereocenters. The van der Waals surface area contributed by atoms with Crippen LogP contribution < -0.4 is 5.32 Å². The van der Waals surface area contributed by atoms with Gasteiger partial charge in [-0.05, 0) is 85.6 Å². The van der Waals surface area contributed by atoms with Crippen LogP contribution in [-0.2, 0) is 30.7 Å². The molecule has 2 aromatic carbocycles. The van der Waals surface area contributed by atoms with Gasteiger partial charge >= 0.3 is 12.1 Å². The van der Waals surface area contributed by atoms with Crippen LogP contribution in [0.1, 0.15) is 22.3 Å². The van der Waals surface area contributed by atoms with Crippen LogP contribution in [-0.4, -0.2) is 30.1 Å². The van der Waals surface area contributed by atoms with Gasteiger partial charge in [-0.25, -0.2) is 8.78 Å². The molecule has 2 aliphatic heterocycles. The van der Waals surface area contributed by atoms with Crippen molar-refractivity contribution in [1.29, 1.82) is 0 Å². The van der Waals surface area contributed by atoms with Gasteiger partial charge in [-0.3, -0.25) is 4.79 Å². The Balaban J connectivity index is 0.000000184. The normalized spacial score (nSPS) is 15.6. The fourth-order valence-corrected chi connectivity index (χ4v) is 4.18. The zero-order chi connectivity index (χ0) is 22.1. The summed E-state index contributed by atoms with van der Waals surface area (Å²) in [5.74, 6) is -2.43. The fraction of sp³-hybridized carbons (Fsp3) is 0.350. The van der Waals surface area contributed by atoms with Gasteiger partial charge in [0.05, 0.1) is 8.95 Å². The molecule has 1 amide bonds. The molecule has 2 aliphatic rings. The van der Waals surface area contributed by atoms with Crippen molar-refractivity contribution in [2.45, 2.75) is 32.1 Å². The van der Waals surface area contributed by atoms with Crippen molar-refractivity contribution in [1.82, 2.24) is 10.2 Å². The van der Waals surface area contributed by atoms with E-state index in [1.54, 1.807) is 6.07 Å². The summed E-state index contributed by atoms with van der Waals surface area (Å²) in [5.41, 5.74) is 2.74. The van der Waals surface area contributed by atoms with Gasteiger partial charge in [0.2, 0.25) is 0 Å². The molecule has 0 saturated carbocycles. The Labute approximate surface area is 186 Å². The molecule has 4 rings (SSSR count). The summed E-state index contributed by atoms with van der Waals surface area (Å²) in [5, 5.41) is 3.21. The molecule has 0 saturated heterocycles. The monoisotopic (exact) mass is 554 g/mol. The molecule has 0 aliphatic carbocycles. The average molecular weight is 556 g/mol. The van der Waals surface area contributed by atoms with E-state index >= 15 is 0 Å². The van der Waals surface area contributed by atoms with E-state index in [1.807, 2.05) is 6.07 Å². The number of amides is 1. The molecular formula is C20H17Br2F5N2O. The van der Waals surface area contributed by atoms with Crippen LogP contribution in [0, 0.1) is 11.6 Å². The van der Waals surface area contributed by atoms with E-state index in [0.717, 1.165) is 30.6 Å². The van der Waals surface area contributed by atoms with Gasteiger partial charge in [0.15, 0.2) is 0 Å². The lowest BCUT2D eigenvalue weighted by Crippen LogP contribution is -2.43. The summed E-state index contributed by atoms with van der Waals surface area (Å²) in [6.45, 7) is 1.33. The number of carbonyl (C=O) groups excluding carboxylic acids is 1. The number of hydrogen-bond acceptors (Lipinski definition) is 2. The molecule has 30 heavy (non-hydrogen) atoms. The van der Waals surface area contributed by atoms with Gasteiger partial charge in [-0.1, -0.05) is 12.1 Å². The maximum atomic E-state index is 13.7. The Morgan fingerprint density at radius 1 is 0.933 bits per heavy atom. The maximum absolute atomic E-state index is 13.7. The smallest absolute Gasteiger partial charge is 0.330 e. The van der Waals surface area contributed by atoms with Gasteiger partial charge in [0.25, 0.3) is 0 Å². The van der Waals surface area contributed by atoms with Gasteiger partial charge < -0.3 is 10.2 Å². The number of nitrogens with zero attached hydrogens (tertiary/aromatic N) is 1. The van der Waals surface area contributed by atoms with Crippen LogP contribution >= 0.6 is 31.9 Å². The summed E-state index contributed by atoms with van der Waals surface area (Å²) in [4.78, 5) is 11.8. The standard InChI is InChI=1S/C11H8BrF4NO.C9H9BrFN/c12-8-2-1-6-5-17(10(18)11(14,15)16)4-3-7(6)9(8)13;10-8-2-1-6-5-12-4-3-7(6)9(8)11/h1-2H,3-5H2;1-2,12H,3-5H2. The zero-order valence-electron chi connectivity index (χ0n) is 15.6. The van der Waals surface area contributed by atoms with Gasteiger partial charge in [0, 0.05) is 19.6 Å². The van der Waals surface area contributed by atoms with Crippen LogP contribution in [0.2, 0.25) is 0 Å². The molecule has 0 atom stereocenters. The largest absolute Gasteiger partial charge is 0.471 e. The molecule has 0 radical (unpaired) electrons. The molecule has 0 spiro atoms. The molecule has 10 heteroatoms. The predicted octanol–water partition coefficient (Wildman–Crippen LogP) is 5.27. The quantitative estimate of drug-likeness (QED) is 0.449. The van der Waals surface area contributed by atoms with E-state index in [-0.39, 0.29) is 29.8 Å². The number of nitrogens with one attached hydrogen (secondary N) is 1. The summed E-state index contributed by atoms with van der Waals surface area (Å²) >= 11 is 6.19. The average Bonchev–Trinajstić information content (AvgIpc) is 2.73. The van der Waals surface area contributed by atoms with E-state index in [9.17, 15) is 26.7 Å². The number of rotatable bonds is 0. The van der Waals surface area contributed by atoms with Crippen molar-refractivity contribution in [2.75, 3.05) is 13.1 Å². The third-order valence-electron chi connectivity index (χ3n) is 4.98. The Morgan fingerprint density at radius 2 is 1.50 bits per heavy atom. The fourth-order valence-electron chi connectivity index (χ4n) is 3.44. The SMILES string of the molecule is Fc1c(Br)ccc2c1CCNC2.O=C(N1CCc2c(ccc(Br)c2F)C1)C(F)(F)F. The minimum atomic E-state index is -4.88. The van der Waals surface area contributed by atoms with Crippen molar-refractivity contribution in [3.8, 4) is 0 Å². The van der Waals surface area contributed by atoms with Crippen LogP contribution in [0.25, 0.3) is 0 Å². The number of fused-ring (bicyclic) bond motifs is 2. The first-order valence-electron chi connectivity index (χ1n) is 9.08. The second-order valence-electron chi connectivity index (χ2n) is 6.90. The zero-order valence-corrected chi connectivity index (χ0v) is 18.7. The highest BCUT2D eigenvalue weighted by atomic mass is 79.9. The lowest BCUT2D eigenvalue weighted by molar-refractivity contribution is -0.186. The van der Waals surface area contributed by atoms with E-state index < -0.39 is 17.9 Å². The number of halogens is 7. The summed E-state index contributed by atoms with van der Waals surface area (Å²) in [7, 11) is 0. The highest BCUT2D eigenvalue weighted by Gasteiger charge is 2.43. The molecule has 0 bridgehead atoms. The first-order valence-corrected chi connectivity index (χ1v) is 10.7. The first kappa shape index (κ1) is 23.1. The van der Waals surface area contributed by atoms with Crippen LogP contribution in [0.4, 0.5) is 22.0 Å². The molecule has 0 aromatic heterocycles. The van der Waals surface area contributed by atoms with E-state index in [4.69, 9.17) is 0 Å². The molecule has 1 N–H and O–H groups in total. The van der Waals surface area contributed by atoms with E-state index in [1.165, 1.54) is 12.1 Å². The summed E-state index contributed by atoms with van der Waals surface area (Å²) in [6.07, 6.45) is -4.01. The number of hydrogen-bond donors (Lipinski definition) is 1. The topological polar surface area (TPSA) is 32.3 Å². The van der Waals surface area contributed by atoms with Crippen molar-refractivity contribution < 1.29 is 26.7 Å². The van der Waals surface area contributed by atoms with Crippen molar-refractivity contribution in [3.63, 3.8) is 0 Å². The lowest BCUT2D eigenvalue weighted by Gasteiger charge is -2.29. The first-order chi connectivity index (χ1) is 14.1. The van der Waals surface area contributed by atoms with Gasteiger partial charge in [0.1, 0.15) is 11.6 Å². The van der Waals surface area contributed by atoms with Gasteiger partial charge in [-0.15, -0.1) is 0 Å². The Kier molecular flexibility index (Phi) is 7.19. The molecule has 3 nitrogen and oxygen atoms in total. The summed E-state index contributed by atoms with van der Waals surface area (Å²) in [6, 6.07) is 6.68. The second-order valence-corrected chi connectivity index (χ2v) is 8.61. The Morgan fingerprint density at radius 3 is 2.10 bits per heavy atom. The number of carbonyl (C=O) groups is 1. The van der Waals surface area contributed by atoms with E-state index in [0.29, 0.717) is 20.5 Å². The molecular weight excluding hydrogens is 539 g/mol. The van der Waals surface area contributed by atoms with Crippen molar-refractivity contribution in [3.05, 3.63) is 67.1 Å². The minimum Gasteiger partial charge on any atom is -0.330 e. The minimum absolute atomic E-state index is 0.0857. The highest BCUT2D eigenvalue weighted by Crippen LogP contribution is 2.29. The van der Waals surface area contributed by atoms with Crippen LogP contribution in [0.15, 0.2) is 33.2 Å². The molecule has 162 valence electrons. The van der Waals surface area contributed by atoms with Gasteiger partial charge in [-0.2, -0.15) is 13.2 Å². The number of benzene rings is 2. The van der Waals surface area contributed by atoms with Crippen LogP contribution in [0.3, 0.4) is 0 Å². The third kappa shape index (κ3) is 5.03. The molecule has 2 heterocycles. The summed E-state index contributed by atoms with van der Waals surface area (Å²) < 4.78 is 64.8. The lowest BCUT2D eigenvalue weighted by atomic mass is 9.99. The highest BCUT2D eigenvalue weighted by molar-refractivity contribution is 9.10. The molecule has 2 aromatic rings. The van der Waals surface area contributed by atoms with Crippen LogP contribution in [0.5, 0.6) is 0 Å². The van der Waals surface area contributed by atoms with Crippen molar-refractivity contribution >= 4 is 37.8 Å². The van der Waals surface area contributed by atoms with Crippen molar-refractivity contribution in [2.24, 2.45) is 0 Å². The Bertz CT molecular complexity index is 965.